The van der Waals surface area contributed by atoms with Crippen LogP contribution in [-0.2, 0) is 9.53 Å². The molecule has 23 heavy (non-hydrogen) atoms. The van der Waals surface area contributed by atoms with Crippen LogP contribution in [0, 0.1) is 5.82 Å². The van der Waals surface area contributed by atoms with Gasteiger partial charge in [0.2, 0.25) is 5.91 Å². The van der Waals surface area contributed by atoms with Gasteiger partial charge in [0.05, 0.1) is 25.8 Å². The molecule has 0 aliphatic carbocycles. The van der Waals surface area contributed by atoms with Crippen molar-refractivity contribution in [2.24, 2.45) is 0 Å². The van der Waals surface area contributed by atoms with Gasteiger partial charge in [-0.2, -0.15) is 0 Å². The van der Waals surface area contributed by atoms with Crippen molar-refractivity contribution in [2.75, 3.05) is 32.8 Å². The van der Waals surface area contributed by atoms with Crippen molar-refractivity contribution < 1.29 is 13.9 Å². The van der Waals surface area contributed by atoms with Gasteiger partial charge in [0.15, 0.2) is 0 Å². The largest absolute Gasteiger partial charge is 0.379 e. The van der Waals surface area contributed by atoms with Crippen LogP contribution in [0.25, 0.3) is 0 Å². The number of morpholine rings is 1. The van der Waals surface area contributed by atoms with Gasteiger partial charge in [-0.1, -0.05) is 18.2 Å². The van der Waals surface area contributed by atoms with Crippen molar-refractivity contribution in [3.8, 4) is 0 Å². The molecule has 1 amide bonds. The van der Waals surface area contributed by atoms with Crippen LogP contribution < -0.4 is 5.32 Å². The second kappa shape index (κ2) is 7.68. The zero-order chi connectivity index (χ0) is 16.1. The summed E-state index contributed by atoms with van der Waals surface area (Å²) in [6.07, 6.45) is 0. The quantitative estimate of drug-likeness (QED) is 0.913. The standard InChI is InChI=1S/C17H19FN2O2S/c18-14-5-3-13(4-6-14)17(15-2-1-11-23-15)19-16(21)12-20-7-9-22-10-8-20/h1-6,11,17H,7-10,12H2,(H,19,21)/t17-/m0/s1. The van der Waals surface area contributed by atoms with E-state index in [1.165, 1.54) is 12.1 Å². The summed E-state index contributed by atoms with van der Waals surface area (Å²) in [4.78, 5) is 15.5. The lowest BCUT2D eigenvalue weighted by Gasteiger charge is -2.27. The minimum Gasteiger partial charge on any atom is -0.379 e. The highest BCUT2D eigenvalue weighted by Crippen LogP contribution is 2.26. The van der Waals surface area contributed by atoms with Gasteiger partial charge in [-0.15, -0.1) is 11.3 Å². The first kappa shape index (κ1) is 16.1. The number of nitrogens with zero attached hydrogens (tertiary/aromatic N) is 1. The molecular weight excluding hydrogens is 315 g/mol. The van der Waals surface area contributed by atoms with E-state index in [0.717, 1.165) is 23.5 Å². The van der Waals surface area contributed by atoms with E-state index in [9.17, 15) is 9.18 Å². The molecular formula is C17H19FN2O2S. The van der Waals surface area contributed by atoms with Gasteiger partial charge in [0.1, 0.15) is 5.82 Å². The molecule has 1 atom stereocenters. The SMILES string of the molecule is O=C(CN1CCOCC1)N[C@@H](c1ccc(F)cc1)c1cccs1. The Hall–Kier alpha value is -1.76. The Bertz CT molecular complexity index is 625. The summed E-state index contributed by atoms with van der Waals surface area (Å²) >= 11 is 1.58. The summed E-state index contributed by atoms with van der Waals surface area (Å²) in [5, 5.41) is 5.04. The van der Waals surface area contributed by atoms with Gasteiger partial charge in [0.25, 0.3) is 0 Å². The highest BCUT2D eigenvalue weighted by Gasteiger charge is 2.20. The van der Waals surface area contributed by atoms with Crippen LogP contribution in [0.1, 0.15) is 16.5 Å². The molecule has 0 radical (unpaired) electrons. The van der Waals surface area contributed by atoms with Gasteiger partial charge < -0.3 is 10.1 Å². The molecule has 4 nitrogen and oxygen atoms in total. The first-order chi connectivity index (χ1) is 11.2. The van der Waals surface area contributed by atoms with Crippen molar-refractivity contribution >= 4 is 17.2 Å². The lowest BCUT2D eigenvalue weighted by Crippen LogP contribution is -2.44. The maximum Gasteiger partial charge on any atom is 0.234 e. The van der Waals surface area contributed by atoms with E-state index in [4.69, 9.17) is 4.74 Å². The molecule has 0 saturated carbocycles. The zero-order valence-corrected chi connectivity index (χ0v) is 13.5. The average Bonchev–Trinajstić information content (AvgIpc) is 3.09. The number of carbonyl (C=O) groups excluding carboxylic acids is 1. The summed E-state index contributed by atoms with van der Waals surface area (Å²) in [5.74, 6) is -0.312. The number of amides is 1. The third-order valence-electron chi connectivity index (χ3n) is 3.81. The van der Waals surface area contributed by atoms with Crippen molar-refractivity contribution in [1.29, 1.82) is 0 Å². The Morgan fingerprint density at radius 1 is 1.26 bits per heavy atom. The smallest absolute Gasteiger partial charge is 0.234 e. The van der Waals surface area contributed by atoms with Crippen molar-refractivity contribution in [3.63, 3.8) is 0 Å². The lowest BCUT2D eigenvalue weighted by atomic mass is 10.1. The molecule has 1 N–H and O–H groups in total. The first-order valence-electron chi connectivity index (χ1n) is 7.61. The molecule has 0 spiro atoms. The molecule has 3 rings (SSSR count). The number of ether oxygens (including phenoxy) is 1. The van der Waals surface area contributed by atoms with Crippen LogP contribution in [0.2, 0.25) is 0 Å². The predicted octanol–water partition coefficient (Wildman–Crippen LogP) is 2.43. The highest BCUT2D eigenvalue weighted by atomic mass is 32.1. The van der Waals surface area contributed by atoms with Gasteiger partial charge in [-0.3, -0.25) is 9.69 Å². The summed E-state index contributed by atoms with van der Waals surface area (Å²) in [6.45, 7) is 3.23. The van der Waals surface area contributed by atoms with Crippen molar-refractivity contribution in [1.82, 2.24) is 10.2 Å². The fraction of sp³-hybridized carbons (Fsp3) is 0.353. The maximum absolute atomic E-state index is 13.2. The molecule has 1 aromatic carbocycles. The van der Waals surface area contributed by atoms with E-state index < -0.39 is 0 Å². The molecule has 2 heterocycles. The average molecular weight is 334 g/mol. The van der Waals surface area contributed by atoms with E-state index in [1.54, 1.807) is 23.5 Å². The Morgan fingerprint density at radius 3 is 2.65 bits per heavy atom. The Kier molecular flexibility index (Phi) is 5.38. The van der Waals surface area contributed by atoms with Crippen LogP contribution in [0.15, 0.2) is 41.8 Å². The normalized spacial score (nSPS) is 16.9. The second-order valence-corrected chi connectivity index (χ2v) is 6.44. The summed E-state index contributed by atoms with van der Waals surface area (Å²) in [6, 6.07) is 9.96. The topological polar surface area (TPSA) is 41.6 Å². The monoisotopic (exact) mass is 334 g/mol. The third-order valence-corrected chi connectivity index (χ3v) is 4.74. The molecule has 0 bridgehead atoms. The molecule has 1 aromatic heterocycles. The van der Waals surface area contributed by atoms with E-state index in [0.29, 0.717) is 19.8 Å². The molecule has 0 unspecified atom stereocenters. The van der Waals surface area contributed by atoms with E-state index in [2.05, 4.69) is 10.2 Å². The number of carbonyl (C=O) groups is 1. The first-order valence-corrected chi connectivity index (χ1v) is 8.48. The predicted molar refractivity (Wildman–Crippen MR) is 88.0 cm³/mol. The molecule has 1 aliphatic heterocycles. The number of hydrogen-bond acceptors (Lipinski definition) is 4. The van der Waals surface area contributed by atoms with E-state index in [1.807, 2.05) is 17.5 Å². The van der Waals surface area contributed by atoms with Crippen LogP contribution in [0.5, 0.6) is 0 Å². The minimum atomic E-state index is -0.279. The van der Waals surface area contributed by atoms with Crippen LogP contribution in [-0.4, -0.2) is 43.7 Å². The van der Waals surface area contributed by atoms with Gasteiger partial charge in [-0.05, 0) is 29.1 Å². The fourth-order valence-corrected chi connectivity index (χ4v) is 3.40. The van der Waals surface area contributed by atoms with Crippen molar-refractivity contribution in [3.05, 3.63) is 58.0 Å². The van der Waals surface area contributed by atoms with Crippen LogP contribution in [0.3, 0.4) is 0 Å². The molecule has 6 heteroatoms. The summed E-state index contributed by atoms with van der Waals surface area (Å²) < 4.78 is 18.5. The number of rotatable bonds is 5. The van der Waals surface area contributed by atoms with Gasteiger partial charge in [0, 0.05) is 18.0 Å². The van der Waals surface area contributed by atoms with Gasteiger partial charge in [-0.25, -0.2) is 4.39 Å². The maximum atomic E-state index is 13.2. The zero-order valence-electron chi connectivity index (χ0n) is 12.7. The van der Waals surface area contributed by atoms with E-state index >= 15 is 0 Å². The Balaban J connectivity index is 1.71. The number of thiophene rings is 1. The second-order valence-electron chi connectivity index (χ2n) is 5.46. The van der Waals surface area contributed by atoms with Crippen LogP contribution >= 0.6 is 11.3 Å². The number of benzene rings is 1. The lowest BCUT2D eigenvalue weighted by molar-refractivity contribution is -0.123. The fourth-order valence-electron chi connectivity index (χ4n) is 2.60. The van der Waals surface area contributed by atoms with E-state index in [-0.39, 0.29) is 17.8 Å². The van der Waals surface area contributed by atoms with Crippen LogP contribution in [0.4, 0.5) is 4.39 Å². The minimum absolute atomic E-state index is 0.0328. The summed E-state index contributed by atoms with van der Waals surface area (Å²) in [7, 11) is 0. The summed E-state index contributed by atoms with van der Waals surface area (Å²) in [5.41, 5.74) is 0.879. The molecule has 122 valence electrons. The number of halogens is 1. The molecule has 1 aliphatic rings. The molecule has 2 aromatic rings. The van der Waals surface area contributed by atoms with Crippen molar-refractivity contribution in [2.45, 2.75) is 6.04 Å². The molecule has 1 saturated heterocycles. The number of hydrogen-bond donors (Lipinski definition) is 1. The Labute approximate surface area is 138 Å². The molecule has 1 fully saturated rings. The third kappa shape index (κ3) is 4.37. The van der Waals surface area contributed by atoms with Gasteiger partial charge >= 0.3 is 0 Å². The number of nitrogens with one attached hydrogen (secondary N) is 1. The highest BCUT2D eigenvalue weighted by molar-refractivity contribution is 7.10. The Morgan fingerprint density at radius 2 is 2.00 bits per heavy atom.